The zero-order valence-electron chi connectivity index (χ0n) is 15.7. The Hall–Kier alpha value is -2.43. The predicted molar refractivity (Wildman–Crippen MR) is 99.2 cm³/mol. The number of nitrogens with zero attached hydrogens (tertiary/aromatic N) is 3. The van der Waals surface area contributed by atoms with Crippen LogP contribution in [0, 0.1) is 17.0 Å². The summed E-state index contributed by atoms with van der Waals surface area (Å²) in [5.74, 6) is 1.12. The van der Waals surface area contributed by atoms with Gasteiger partial charge in [0.05, 0.1) is 24.6 Å². The van der Waals surface area contributed by atoms with E-state index in [0.717, 1.165) is 12.1 Å². The highest BCUT2D eigenvalue weighted by Crippen LogP contribution is 2.31. The van der Waals surface area contributed by atoms with E-state index in [0.29, 0.717) is 18.1 Å². The van der Waals surface area contributed by atoms with Gasteiger partial charge in [0.15, 0.2) is 0 Å². The third-order valence-electron chi connectivity index (χ3n) is 3.90. The second-order valence-electron chi connectivity index (χ2n) is 6.25. The average molecular weight is 397 g/mol. The Morgan fingerprint density at radius 3 is 2.41 bits per heavy atom. The Bertz CT molecular complexity index is 907. The van der Waals surface area contributed by atoms with Gasteiger partial charge in [-0.15, -0.1) is 0 Å². The third-order valence-corrected chi connectivity index (χ3v) is 5.79. The van der Waals surface area contributed by atoms with E-state index in [2.05, 4.69) is 0 Å². The van der Waals surface area contributed by atoms with Gasteiger partial charge in [-0.05, 0) is 39.2 Å². The van der Waals surface area contributed by atoms with Crippen LogP contribution in [0.1, 0.15) is 11.5 Å². The molecule has 0 unspecified atom stereocenters. The quantitative estimate of drug-likeness (QED) is 0.472. The molecule has 0 aliphatic heterocycles. The lowest BCUT2D eigenvalue weighted by molar-refractivity contribution is -0.385. The minimum Gasteiger partial charge on any atom is -0.495 e. The zero-order chi connectivity index (χ0) is 20.2. The minimum absolute atomic E-state index is 0.0458. The number of methoxy groups -OCH3 is 1. The molecule has 0 saturated heterocycles. The van der Waals surface area contributed by atoms with Crippen molar-refractivity contribution in [2.75, 3.05) is 34.3 Å². The van der Waals surface area contributed by atoms with Gasteiger partial charge in [0.2, 0.25) is 10.0 Å². The fraction of sp³-hybridized carbons (Fsp3) is 0.412. The van der Waals surface area contributed by atoms with Crippen LogP contribution in [0.15, 0.2) is 39.6 Å². The highest BCUT2D eigenvalue weighted by atomic mass is 32.2. The first-order valence-electron chi connectivity index (χ1n) is 8.17. The van der Waals surface area contributed by atoms with E-state index >= 15 is 0 Å². The molecule has 0 spiro atoms. The molecule has 0 bridgehead atoms. The molecule has 27 heavy (non-hydrogen) atoms. The summed E-state index contributed by atoms with van der Waals surface area (Å²) in [6.07, 6.45) is 0. The average Bonchev–Trinajstić information content (AvgIpc) is 3.02. The molecule has 0 saturated carbocycles. The van der Waals surface area contributed by atoms with Crippen molar-refractivity contribution in [2.24, 2.45) is 0 Å². The Morgan fingerprint density at radius 1 is 1.19 bits per heavy atom. The summed E-state index contributed by atoms with van der Waals surface area (Å²) < 4.78 is 38.4. The number of sulfonamides is 1. The molecular weight excluding hydrogens is 374 g/mol. The number of benzene rings is 1. The van der Waals surface area contributed by atoms with E-state index < -0.39 is 14.9 Å². The molecule has 148 valence electrons. The Labute approximate surface area is 158 Å². The largest absolute Gasteiger partial charge is 0.495 e. The van der Waals surface area contributed by atoms with Gasteiger partial charge in [0.1, 0.15) is 22.2 Å². The van der Waals surface area contributed by atoms with Gasteiger partial charge in [-0.3, -0.25) is 10.1 Å². The number of nitro groups is 1. The molecule has 0 aliphatic carbocycles. The predicted octanol–water partition coefficient (Wildman–Crippen LogP) is 2.26. The van der Waals surface area contributed by atoms with Crippen molar-refractivity contribution in [3.05, 3.63) is 52.0 Å². The van der Waals surface area contributed by atoms with Crippen LogP contribution < -0.4 is 4.74 Å². The first-order chi connectivity index (χ1) is 12.6. The van der Waals surface area contributed by atoms with Crippen molar-refractivity contribution >= 4 is 15.7 Å². The molecular formula is C17H23N3O6S. The number of rotatable bonds is 9. The number of hydrogen-bond donors (Lipinski definition) is 0. The molecule has 0 aliphatic rings. The van der Waals surface area contributed by atoms with Gasteiger partial charge in [0, 0.05) is 19.2 Å². The summed E-state index contributed by atoms with van der Waals surface area (Å²) in [4.78, 5) is 12.1. The van der Waals surface area contributed by atoms with E-state index in [1.807, 2.05) is 19.0 Å². The smallest absolute Gasteiger partial charge is 0.273 e. The highest BCUT2D eigenvalue weighted by Gasteiger charge is 2.30. The first-order valence-corrected chi connectivity index (χ1v) is 9.61. The van der Waals surface area contributed by atoms with Crippen LogP contribution in [0.5, 0.6) is 5.75 Å². The van der Waals surface area contributed by atoms with Crippen LogP contribution in [0.3, 0.4) is 0 Å². The zero-order valence-corrected chi connectivity index (χ0v) is 16.5. The molecule has 9 nitrogen and oxygen atoms in total. The standard InChI is InChI=1S/C17H23N3O6S/c1-13-5-7-15(26-13)12-19(10-9-18(2)3)27(23,24)17-8-6-14(20(21)22)11-16(17)25-4/h5-8,11H,9-10,12H2,1-4H3. The summed E-state index contributed by atoms with van der Waals surface area (Å²) in [5, 5.41) is 11.0. The van der Waals surface area contributed by atoms with Gasteiger partial charge in [0.25, 0.3) is 5.69 Å². The summed E-state index contributed by atoms with van der Waals surface area (Å²) in [6, 6.07) is 6.94. The number of hydrogen-bond acceptors (Lipinski definition) is 7. The van der Waals surface area contributed by atoms with E-state index in [9.17, 15) is 18.5 Å². The third kappa shape index (κ3) is 5.06. The Morgan fingerprint density at radius 2 is 1.89 bits per heavy atom. The lowest BCUT2D eigenvalue weighted by Gasteiger charge is -2.24. The minimum atomic E-state index is -3.97. The molecule has 0 fully saturated rings. The number of furan rings is 1. The molecule has 0 radical (unpaired) electrons. The maximum Gasteiger partial charge on any atom is 0.273 e. The first kappa shape index (κ1) is 20.9. The molecule has 0 amide bonds. The molecule has 1 heterocycles. The molecule has 0 N–H and O–H groups in total. The number of nitro benzene ring substituents is 1. The van der Waals surface area contributed by atoms with E-state index in [1.54, 1.807) is 19.1 Å². The van der Waals surface area contributed by atoms with Crippen molar-refractivity contribution in [1.82, 2.24) is 9.21 Å². The normalized spacial score (nSPS) is 11.9. The number of likely N-dealkylation sites (N-methyl/N-ethyl adjacent to an activating group) is 1. The van der Waals surface area contributed by atoms with Crippen molar-refractivity contribution in [2.45, 2.75) is 18.4 Å². The highest BCUT2D eigenvalue weighted by molar-refractivity contribution is 7.89. The van der Waals surface area contributed by atoms with Crippen molar-refractivity contribution in [1.29, 1.82) is 0 Å². The molecule has 0 atom stereocenters. The molecule has 2 rings (SSSR count). The lowest BCUT2D eigenvalue weighted by Crippen LogP contribution is -2.36. The van der Waals surface area contributed by atoms with Crippen molar-refractivity contribution < 1.29 is 22.5 Å². The van der Waals surface area contributed by atoms with Crippen LogP contribution in [-0.4, -0.2) is 56.8 Å². The number of ether oxygens (including phenoxy) is 1. The summed E-state index contributed by atoms with van der Waals surface area (Å²) >= 11 is 0. The van der Waals surface area contributed by atoms with Crippen LogP contribution in [-0.2, 0) is 16.6 Å². The van der Waals surface area contributed by atoms with E-state index in [-0.39, 0.29) is 29.4 Å². The van der Waals surface area contributed by atoms with Crippen LogP contribution in [0.4, 0.5) is 5.69 Å². The second kappa shape index (κ2) is 8.51. The topological polar surface area (TPSA) is 106 Å². The summed E-state index contributed by atoms with van der Waals surface area (Å²) in [5.41, 5.74) is -0.243. The van der Waals surface area contributed by atoms with Crippen LogP contribution in [0.2, 0.25) is 0 Å². The van der Waals surface area contributed by atoms with E-state index in [1.165, 1.54) is 17.5 Å². The van der Waals surface area contributed by atoms with Crippen LogP contribution >= 0.6 is 0 Å². The maximum absolute atomic E-state index is 13.2. The van der Waals surface area contributed by atoms with Gasteiger partial charge < -0.3 is 14.1 Å². The molecule has 10 heteroatoms. The summed E-state index contributed by atoms with van der Waals surface area (Å²) in [7, 11) is 0.987. The number of non-ortho nitro benzene ring substituents is 1. The molecule has 1 aromatic heterocycles. The lowest BCUT2D eigenvalue weighted by atomic mass is 10.3. The van der Waals surface area contributed by atoms with E-state index in [4.69, 9.17) is 9.15 Å². The van der Waals surface area contributed by atoms with Crippen molar-refractivity contribution in [3.63, 3.8) is 0 Å². The van der Waals surface area contributed by atoms with Crippen LogP contribution in [0.25, 0.3) is 0 Å². The maximum atomic E-state index is 13.2. The monoisotopic (exact) mass is 397 g/mol. The van der Waals surface area contributed by atoms with Gasteiger partial charge in [-0.1, -0.05) is 0 Å². The number of aryl methyl sites for hydroxylation is 1. The van der Waals surface area contributed by atoms with Gasteiger partial charge in [-0.25, -0.2) is 8.42 Å². The fourth-order valence-corrected chi connectivity index (χ4v) is 4.00. The Kier molecular flexibility index (Phi) is 6.58. The SMILES string of the molecule is COc1cc([N+](=O)[O-])ccc1S(=O)(=O)N(CCN(C)C)Cc1ccc(C)o1. The molecule has 2 aromatic rings. The van der Waals surface area contributed by atoms with Gasteiger partial charge in [-0.2, -0.15) is 4.31 Å². The summed E-state index contributed by atoms with van der Waals surface area (Å²) in [6.45, 7) is 2.54. The molecule has 1 aromatic carbocycles. The second-order valence-corrected chi connectivity index (χ2v) is 8.15. The van der Waals surface area contributed by atoms with Crippen molar-refractivity contribution in [3.8, 4) is 5.75 Å². The van der Waals surface area contributed by atoms with Gasteiger partial charge >= 0.3 is 0 Å². The Balaban J connectivity index is 2.44. The fourth-order valence-electron chi connectivity index (χ4n) is 2.46.